The molecule has 2 aromatic rings. The van der Waals surface area contributed by atoms with Crippen molar-refractivity contribution in [3.8, 4) is 0 Å². The number of hydrogen-bond acceptors (Lipinski definition) is 0. The SMILES string of the molecule is C1CC[SiH2]C1.CC1=[C]([Hf+2][C]2=C(C)C(c3ccc(C)cc3)=CC2)CC=C1c1ccc(C)cc1.[Cl-].[Cl-]. The second-order valence-corrected chi connectivity index (χ2v) is 16.8. The van der Waals surface area contributed by atoms with E-state index in [0.717, 1.165) is 0 Å². The van der Waals surface area contributed by atoms with Gasteiger partial charge in [-0.2, -0.15) is 0 Å². The number of hydrogen-bond donors (Lipinski definition) is 0. The molecule has 0 nitrogen and oxygen atoms in total. The zero-order valence-electron chi connectivity index (χ0n) is 21.0. The van der Waals surface area contributed by atoms with Crippen molar-refractivity contribution in [2.24, 2.45) is 0 Å². The molecule has 34 heavy (non-hydrogen) atoms. The molecule has 2 aromatic carbocycles. The van der Waals surface area contributed by atoms with Crippen LogP contribution in [0.2, 0.25) is 12.1 Å². The minimum absolute atomic E-state index is 0. The van der Waals surface area contributed by atoms with E-state index in [2.05, 4.69) is 88.4 Å². The van der Waals surface area contributed by atoms with Gasteiger partial charge in [-0.15, -0.1) is 0 Å². The summed E-state index contributed by atoms with van der Waals surface area (Å²) in [4.78, 5) is 0. The Morgan fingerprint density at radius 3 is 1.29 bits per heavy atom. The van der Waals surface area contributed by atoms with Gasteiger partial charge in [-0.05, 0) is 0 Å². The van der Waals surface area contributed by atoms with Gasteiger partial charge in [0.2, 0.25) is 0 Å². The number of allylic oxidation sites excluding steroid dienone is 8. The van der Waals surface area contributed by atoms with Crippen LogP contribution in [0.5, 0.6) is 0 Å². The molecule has 1 aliphatic heterocycles. The van der Waals surface area contributed by atoms with Crippen LogP contribution in [0.25, 0.3) is 11.1 Å². The summed E-state index contributed by atoms with van der Waals surface area (Å²) in [5.74, 6) is 0. The summed E-state index contributed by atoms with van der Waals surface area (Å²) in [6.07, 6.45) is 10.4. The molecule has 0 aromatic heterocycles. The Morgan fingerprint density at radius 2 is 0.971 bits per heavy atom. The van der Waals surface area contributed by atoms with Gasteiger partial charge in [0.15, 0.2) is 0 Å². The molecule has 3 aliphatic rings. The maximum atomic E-state index is 2.46. The van der Waals surface area contributed by atoms with Gasteiger partial charge in [0.05, 0.1) is 0 Å². The molecule has 4 heteroatoms. The fourth-order valence-corrected chi connectivity index (χ4v) is 11.7. The van der Waals surface area contributed by atoms with Crippen LogP contribution in [-0.2, 0) is 22.9 Å². The molecule has 0 atom stereocenters. The third-order valence-electron chi connectivity index (χ3n) is 7.01. The Kier molecular flexibility index (Phi) is 12.0. The van der Waals surface area contributed by atoms with Crippen molar-refractivity contribution in [1.29, 1.82) is 0 Å². The van der Waals surface area contributed by atoms with E-state index in [1.54, 1.807) is 42.7 Å². The van der Waals surface area contributed by atoms with Crippen molar-refractivity contribution < 1.29 is 47.7 Å². The molecular weight excluding hydrogens is 638 g/mol. The summed E-state index contributed by atoms with van der Waals surface area (Å²) < 4.78 is 3.55. The monoisotopic (exact) mass is 674 g/mol. The van der Waals surface area contributed by atoms with Gasteiger partial charge in [-0.1, -0.05) is 24.9 Å². The second kappa shape index (κ2) is 14.0. The van der Waals surface area contributed by atoms with Gasteiger partial charge >= 0.3 is 175 Å². The molecule has 1 fully saturated rings. The number of aryl methyl sites for hydroxylation is 2. The first-order chi connectivity index (χ1) is 15.5. The van der Waals surface area contributed by atoms with Crippen LogP contribution in [0.3, 0.4) is 0 Å². The Bertz CT molecular complexity index is 995. The first-order valence-electron chi connectivity index (χ1n) is 12.2. The van der Waals surface area contributed by atoms with Crippen molar-refractivity contribution in [3.63, 3.8) is 0 Å². The quantitative estimate of drug-likeness (QED) is 0.436. The smallest absolute Gasteiger partial charge is 1.00 e. The van der Waals surface area contributed by atoms with Gasteiger partial charge in [0, 0.05) is 9.52 Å². The predicted octanol–water partition coefficient (Wildman–Crippen LogP) is 2.00. The van der Waals surface area contributed by atoms with Gasteiger partial charge < -0.3 is 24.8 Å². The molecular formula is C30H36Cl2HfSi. The number of rotatable bonds is 4. The fourth-order valence-electron chi connectivity index (χ4n) is 4.84. The maximum absolute atomic E-state index is 2.46. The van der Waals surface area contributed by atoms with E-state index < -0.39 is 22.9 Å². The zero-order valence-corrected chi connectivity index (χ0v) is 27.5. The van der Waals surface area contributed by atoms with E-state index >= 15 is 0 Å². The molecule has 5 rings (SSSR count). The summed E-state index contributed by atoms with van der Waals surface area (Å²) in [5.41, 5.74) is 11.5. The van der Waals surface area contributed by atoms with E-state index in [4.69, 9.17) is 0 Å². The Morgan fingerprint density at radius 1 is 0.588 bits per heavy atom. The van der Waals surface area contributed by atoms with E-state index in [1.165, 1.54) is 46.2 Å². The standard InChI is InChI=1S/2C13H13.C4H10Si.2ClH.Hf/c2*1-10-6-8-12(9-7-10)13-5-3-4-11(13)2;1-2-4-5-3-1;;;/h2*5-9H,3H2,1-2H3;1-5H2;2*1H;/q;;;;;+2/p-2. The van der Waals surface area contributed by atoms with Crippen molar-refractivity contribution in [1.82, 2.24) is 0 Å². The van der Waals surface area contributed by atoms with Gasteiger partial charge in [0.25, 0.3) is 0 Å². The maximum Gasteiger partial charge on any atom is -1.00 e. The average Bonchev–Trinajstić information content (AvgIpc) is 3.55. The molecule has 0 unspecified atom stereocenters. The van der Waals surface area contributed by atoms with Crippen LogP contribution in [0.1, 0.15) is 61.8 Å². The number of benzene rings is 2. The van der Waals surface area contributed by atoms with Crippen LogP contribution in [0, 0.1) is 13.8 Å². The summed E-state index contributed by atoms with van der Waals surface area (Å²) >= 11 is -0.953. The van der Waals surface area contributed by atoms with Crippen molar-refractivity contribution in [3.05, 3.63) is 101 Å². The van der Waals surface area contributed by atoms with Gasteiger partial charge in [-0.3, -0.25) is 0 Å². The van der Waals surface area contributed by atoms with Gasteiger partial charge in [0.1, 0.15) is 0 Å². The number of halogens is 2. The summed E-state index contributed by atoms with van der Waals surface area (Å²) in [6, 6.07) is 21.3. The Labute approximate surface area is 233 Å². The van der Waals surface area contributed by atoms with E-state index in [0.29, 0.717) is 9.52 Å². The third-order valence-corrected chi connectivity index (χ3v) is 15.3. The second-order valence-electron chi connectivity index (χ2n) is 9.48. The molecule has 0 amide bonds. The topological polar surface area (TPSA) is 0 Å². The first-order valence-corrected chi connectivity index (χ1v) is 17.8. The summed E-state index contributed by atoms with van der Waals surface area (Å²) in [5, 5.41) is 0. The van der Waals surface area contributed by atoms with Crippen molar-refractivity contribution >= 4 is 20.7 Å². The van der Waals surface area contributed by atoms with E-state index in [9.17, 15) is 0 Å². The first kappa shape index (κ1) is 29.3. The molecule has 1 heterocycles. The van der Waals surface area contributed by atoms with E-state index in [1.807, 2.05) is 0 Å². The largest absolute Gasteiger partial charge is 1.00 e. The van der Waals surface area contributed by atoms with Crippen LogP contribution >= 0.6 is 0 Å². The predicted molar refractivity (Wildman–Crippen MR) is 140 cm³/mol. The Hall–Kier alpha value is -0.933. The van der Waals surface area contributed by atoms with E-state index in [-0.39, 0.29) is 24.8 Å². The van der Waals surface area contributed by atoms with Crippen molar-refractivity contribution in [2.45, 2.75) is 65.5 Å². The average molecular weight is 674 g/mol. The normalized spacial score (nSPS) is 16.7. The zero-order chi connectivity index (χ0) is 22.5. The molecule has 0 spiro atoms. The minimum Gasteiger partial charge on any atom is -1.00 e. The third kappa shape index (κ3) is 7.29. The fraction of sp³-hybridized carbons (Fsp3) is 0.333. The van der Waals surface area contributed by atoms with Crippen LogP contribution in [0.4, 0.5) is 0 Å². The van der Waals surface area contributed by atoms with Crippen LogP contribution in [0.15, 0.2) is 78.5 Å². The summed E-state index contributed by atoms with van der Waals surface area (Å²) in [6.45, 7) is 9.01. The molecule has 2 aliphatic carbocycles. The Balaban J connectivity index is 0.000000520. The minimum atomic E-state index is -0.953. The molecule has 178 valence electrons. The molecule has 0 radical (unpaired) electrons. The van der Waals surface area contributed by atoms with Crippen molar-refractivity contribution in [2.75, 3.05) is 0 Å². The van der Waals surface area contributed by atoms with Crippen LogP contribution in [-0.4, -0.2) is 9.52 Å². The van der Waals surface area contributed by atoms with Gasteiger partial charge in [-0.25, -0.2) is 0 Å². The summed E-state index contributed by atoms with van der Waals surface area (Å²) in [7, 11) is 0.543. The van der Waals surface area contributed by atoms with Crippen LogP contribution < -0.4 is 24.8 Å². The molecule has 1 saturated heterocycles. The molecule has 0 N–H and O–H groups in total. The molecule has 0 bridgehead atoms. The molecule has 0 saturated carbocycles.